The Morgan fingerprint density at radius 2 is 2.25 bits per heavy atom. The quantitative estimate of drug-likeness (QED) is 0.432. The van der Waals surface area contributed by atoms with Crippen LogP contribution >= 0.6 is 23.1 Å². The Balaban J connectivity index is 2.00. The van der Waals surface area contributed by atoms with Gasteiger partial charge in [0.05, 0.1) is 0 Å². The zero-order chi connectivity index (χ0) is 17.5. The largest absolute Gasteiger partial charge is 0.480 e. The van der Waals surface area contributed by atoms with E-state index in [0.717, 1.165) is 27.0 Å². The molecule has 5 nitrogen and oxygen atoms in total. The van der Waals surface area contributed by atoms with E-state index in [1.807, 2.05) is 39.0 Å². The van der Waals surface area contributed by atoms with Crippen LogP contribution in [0.2, 0.25) is 0 Å². The van der Waals surface area contributed by atoms with Crippen LogP contribution in [-0.2, 0) is 4.79 Å². The van der Waals surface area contributed by atoms with Gasteiger partial charge in [-0.25, -0.2) is 0 Å². The van der Waals surface area contributed by atoms with Crippen molar-refractivity contribution >= 4 is 34.1 Å². The lowest BCUT2D eigenvalue weighted by Crippen LogP contribution is -2.32. The van der Waals surface area contributed by atoms with Crippen LogP contribution in [0.25, 0.3) is 0 Å². The Labute approximate surface area is 150 Å². The van der Waals surface area contributed by atoms with Crippen molar-refractivity contribution < 1.29 is 9.53 Å². The summed E-state index contributed by atoms with van der Waals surface area (Å²) >= 11 is 2.88. The molecule has 1 N–H and O–H groups in total. The molecule has 128 valence electrons. The van der Waals surface area contributed by atoms with Gasteiger partial charge < -0.3 is 4.74 Å². The predicted molar refractivity (Wildman–Crippen MR) is 100 cm³/mol. The zero-order valence-electron chi connectivity index (χ0n) is 14.0. The average molecular weight is 364 g/mol. The topological polar surface area (TPSA) is 64.1 Å². The first-order valence-electron chi connectivity index (χ1n) is 7.65. The average Bonchev–Trinajstić information content (AvgIpc) is 2.99. The van der Waals surface area contributed by atoms with Crippen molar-refractivity contribution in [2.75, 3.05) is 11.1 Å². The fraction of sp³-hybridized carbons (Fsp3) is 0.353. The molecule has 1 atom stereocenters. The van der Waals surface area contributed by atoms with E-state index in [1.165, 1.54) is 23.1 Å². The highest BCUT2D eigenvalue weighted by atomic mass is 32.2. The van der Waals surface area contributed by atoms with Crippen molar-refractivity contribution in [2.24, 2.45) is 0 Å². The maximum absolute atomic E-state index is 12.4. The number of rotatable bonds is 8. The number of hydrogen-bond acceptors (Lipinski definition) is 6. The number of benzene rings is 1. The Kier molecular flexibility index (Phi) is 6.81. The van der Waals surface area contributed by atoms with Crippen LogP contribution in [0.15, 0.2) is 35.2 Å². The van der Waals surface area contributed by atoms with Gasteiger partial charge in [-0.1, -0.05) is 53.8 Å². The minimum atomic E-state index is -0.570. The van der Waals surface area contributed by atoms with Crippen molar-refractivity contribution in [2.45, 2.75) is 37.6 Å². The van der Waals surface area contributed by atoms with Gasteiger partial charge in [0.2, 0.25) is 5.13 Å². The molecule has 0 bridgehead atoms. The first-order valence-corrected chi connectivity index (χ1v) is 9.45. The summed E-state index contributed by atoms with van der Waals surface area (Å²) in [5, 5.41) is 11.3. The number of aryl methyl sites for hydroxylation is 2. The van der Waals surface area contributed by atoms with Crippen LogP contribution < -0.4 is 10.1 Å². The molecule has 0 saturated carbocycles. The van der Waals surface area contributed by atoms with Crippen LogP contribution in [0.1, 0.15) is 24.5 Å². The molecule has 0 saturated heterocycles. The Morgan fingerprint density at radius 1 is 1.46 bits per heavy atom. The van der Waals surface area contributed by atoms with Gasteiger partial charge >= 0.3 is 0 Å². The second-order valence-electron chi connectivity index (χ2n) is 5.25. The van der Waals surface area contributed by atoms with Gasteiger partial charge in [-0.05, 0) is 31.9 Å². The van der Waals surface area contributed by atoms with Crippen molar-refractivity contribution in [3.05, 3.63) is 42.0 Å². The number of anilines is 1. The summed E-state index contributed by atoms with van der Waals surface area (Å²) in [5.41, 5.74) is 2.18. The Hall–Kier alpha value is -1.86. The summed E-state index contributed by atoms with van der Waals surface area (Å²) in [6.45, 7) is 9.58. The third kappa shape index (κ3) is 5.07. The molecule has 7 heteroatoms. The fourth-order valence-corrected chi connectivity index (χ4v) is 3.56. The van der Waals surface area contributed by atoms with Crippen LogP contribution in [0.3, 0.4) is 0 Å². The van der Waals surface area contributed by atoms with Crippen molar-refractivity contribution in [1.29, 1.82) is 0 Å². The van der Waals surface area contributed by atoms with Gasteiger partial charge in [0, 0.05) is 5.75 Å². The highest BCUT2D eigenvalue weighted by molar-refractivity contribution is 8.01. The summed E-state index contributed by atoms with van der Waals surface area (Å²) in [5.74, 6) is 1.27. The summed E-state index contributed by atoms with van der Waals surface area (Å²) in [7, 11) is 0. The van der Waals surface area contributed by atoms with E-state index in [1.54, 1.807) is 6.08 Å². The smallest absolute Gasteiger partial charge is 0.267 e. The van der Waals surface area contributed by atoms with Crippen LogP contribution in [0, 0.1) is 13.8 Å². The van der Waals surface area contributed by atoms with Gasteiger partial charge in [0.15, 0.2) is 10.4 Å². The first-order chi connectivity index (χ1) is 11.5. The second kappa shape index (κ2) is 8.84. The van der Waals surface area contributed by atoms with Crippen LogP contribution in [0.5, 0.6) is 5.75 Å². The van der Waals surface area contributed by atoms with E-state index in [2.05, 4.69) is 22.1 Å². The number of ether oxygens (including phenoxy) is 1. The maximum atomic E-state index is 12.4. The highest BCUT2D eigenvalue weighted by Crippen LogP contribution is 2.26. The summed E-state index contributed by atoms with van der Waals surface area (Å²) < 4.78 is 6.68. The lowest BCUT2D eigenvalue weighted by molar-refractivity contribution is -0.122. The second-order valence-corrected chi connectivity index (χ2v) is 7.49. The standard InChI is InChI=1S/C17H21N3O2S2/c1-5-9-23-17-20-19-16(24-17)18-15(21)13(6-2)22-14-8-7-11(3)10-12(14)4/h5,7-8,10,13H,1,6,9H2,2-4H3,(H,18,19,21)/t13-/m0/s1. The van der Waals surface area contributed by atoms with Crippen molar-refractivity contribution in [3.63, 3.8) is 0 Å². The molecule has 0 unspecified atom stereocenters. The Morgan fingerprint density at radius 3 is 2.92 bits per heavy atom. The normalized spacial score (nSPS) is 11.8. The van der Waals surface area contributed by atoms with E-state index >= 15 is 0 Å². The van der Waals surface area contributed by atoms with E-state index in [9.17, 15) is 4.79 Å². The number of nitrogens with zero attached hydrogens (tertiary/aromatic N) is 2. The lowest BCUT2D eigenvalue weighted by Gasteiger charge is -2.18. The maximum Gasteiger partial charge on any atom is 0.267 e. The molecule has 0 aliphatic heterocycles. The molecule has 1 aromatic carbocycles. The van der Waals surface area contributed by atoms with E-state index < -0.39 is 6.10 Å². The molecule has 0 spiro atoms. The van der Waals surface area contributed by atoms with Crippen LogP contribution in [-0.4, -0.2) is 28.0 Å². The van der Waals surface area contributed by atoms with Gasteiger partial charge in [-0.15, -0.1) is 16.8 Å². The summed E-state index contributed by atoms with van der Waals surface area (Å²) in [6.07, 6.45) is 1.80. The molecule has 0 fully saturated rings. The summed E-state index contributed by atoms with van der Waals surface area (Å²) in [6, 6.07) is 5.91. The van der Waals surface area contributed by atoms with Crippen LogP contribution in [0.4, 0.5) is 5.13 Å². The molecule has 1 aromatic heterocycles. The molecule has 0 aliphatic carbocycles. The van der Waals surface area contributed by atoms with Crippen molar-refractivity contribution in [3.8, 4) is 5.75 Å². The Bertz CT molecular complexity index is 716. The fourth-order valence-electron chi connectivity index (χ4n) is 2.04. The molecular weight excluding hydrogens is 342 g/mol. The zero-order valence-corrected chi connectivity index (χ0v) is 15.7. The number of nitrogens with one attached hydrogen (secondary N) is 1. The molecule has 0 radical (unpaired) electrons. The monoisotopic (exact) mass is 363 g/mol. The molecular formula is C17H21N3O2S2. The SMILES string of the molecule is C=CCSc1nnc(NC(=O)[C@H](CC)Oc2ccc(C)cc2C)s1. The van der Waals surface area contributed by atoms with E-state index in [-0.39, 0.29) is 5.91 Å². The van der Waals surface area contributed by atoms with E-state index in [0.29, 0.717) is 11.6 Å². The number of aromatic nitrogens is 2. The third-order valence-corrected chi connectivity index (χ3v) is 5.19. The highest BCUT2D eigenvalue weighted by Gasteiger charge is 2.21. The number of hydrogen-bond donors (Lipinski definition) is 1. The molecule has 0 aliphatic rings. The van der Waals surface area contributed by atoms with Gasteiger partial charge in [-0.2, -0.15) is 0 Å². The third-order valence-electron chi connectivity index (χ3n) is 3.22. The van der Waals surface area contributed by atoms with Gasteiger partial charge in [0.25, 0.3) is 5.91 Å². The number of thioether (sulfide) groups is 1. The molecule has 1 heterocycles. The number of amides is 1. The first kappa shape index (κ1) is 18.5. The van der Waals surface area contributed by atoms with Gasteiger partial charge in [0.1, 0.15) is 5.75 Å². The van der Waals surface area contributed by atoms with Crippen molar-refractivity contribution in [1.82, 2.24) is 10.2 Å². The predicted octanol–water partition coefficient (Wildman–Crippen LogP) is 4.23. The van der Waals surface area contributed by atoms with Gasteiger partial charge in [-0.3, -0.25) is 10.1 Å². The molecule has 24 heavy (non-hydrogen) atoms. The molecule has 2 rings (SSSR count). The van der Waals surface area contributed by atoms with E-state index in [4.69, 9.17) is 4.74 Å². The molecule has 2 aromatic rings. The minimum Gasteiger partial charge on any atom is -0.480 e. The number of carbonyl (C=O) groups excluding carboxylic acids is 1. The number of carbonyl (C=O) groups is 1. The molecule has 1 amide bonds. The minimum absolute atomic E-state index is 0.214. The lowest BCUT2D eigenvalue weighted by atomic mass is 10.1. The summed E-state index contributed by atoms with van der Waals surface area (Å²) in [4.78, 5) is 12.4.